The smallest absolute Gasteiger partial charge is 0.274 e. The van der Waals surface area contributed by atoms with Crippen LogP contribution in [0, 0.1) is 5.92 Å². The molecule has 2 heterocycles. The van der Waals surface area contributed by atoms with Crippen LogP contribution in [0.1, 0.15) is 23.8 Å². The fraction of sp³-hybridized carbons (Fsp3) is 0.636. The molecule has 1 fully saturated rings. The summed E-state index contributed by atoms with van der Waals surface area (Å²) in [6.07, 6.45) is 4.53. The minimum absolute atomic E-state index is 0.0418. The standard InChI is InChI=1S/C11H18N4O/c1-9-2-4-15(6-9)11(16)10-7-14(5-3-12)8-13-10/h7-9H,2-6,12H2,1H3. The molecule has 5 heteroatoms. The molecule has 1 aromatic heterocycles. The third-order valence-electron chi connectivity index (χ3n) is 2.95. The largest absolute Gasteiger partial charge is 0.337 e. The van der Waals surface area contributed by atoms with Gasteiger partial charge in [-0.1, -0.05) is 6.92 Å². The molecule has 0 aliphatic carbocycles. The highest BCUT2D eigenvalue weighted by molar-refractivity contribution is 5.92. The lowest BCUT2D eigenvalue weighted by Gasteiger charge is -2.13. The van der Waals surface area contributed by atoms with Gasteiger partial charge in [-0.3, -0.25) is 4.79 Å². The van der Waals surface area contributed by atoms with Crippen molar-refractivity contribution in [3.05, 3.63) is 18.2 Å². The lowest BCUT2D eigenvalue weighted by atomic mass is 10.2. The lowest BCUT2D eigenvalue weighted by Crippen LogP contribution is -2.28. The molecule has 5 nitrogen and oxygen atoms in total. The Labute approximate surface area is 95.2 Å². The summed E-state index contributed by atoms with van der Waals surface area (Å²) in [6.45, 7) is 5.13. The number of nitrogens with two attached hydrogens (primary N) is 1. The topological polar surface area (TPSA) is 64.2 Å². The number of amides is 1. The second-order valence-corrected chi connectivity index (χ2v) is 4.43. The van der Waals surface area contributed by atoms with Crippen molar-refractivity contribution in [2.75, 3.05) is 19.6 Å². The quantitative estimate of drug-likeness (QED) is 0.801. The third kappa shape index (κ3) is 2.24. The maximum atomic E-state index is 12.0. The number of imidazole rings is 1. The van der Waals surface area contributed by atoms with Gasteiger partial charge in [0.2, 0.25) is 0 Å². The van der Waals surface area contributed by atoms with Crippen molar-refractivity contribution in [3.8, 4) is 0 Å². The molecule has 88 valence electrons. The van der Waals surface area contributed by atoms with Crippen LogP contribution in [0.2, 0.25) is 0 Å². The van der Waals surface area contributed by atoms with Gasteiger partial charge in [-0.15, -0.1) is 0 Å². The van der Waals surface area contributed by atoms with Crippen LogP contribution in [0.4, 0.5) is 0 Å². The molecule has 16 heavy (non-hydrogen) atoms. The van der Waals surface area contributed by atoms with Crippen LogP contribution in [0.3, 0.4) is 0 Å². The number of rotatable bonds is 3. The Hall–Kier alpha value is -1.36. The minimum Gasteiger partial charge on any atom is -0.337 e. The summed E-state index contributed by atoms with van der Waals surface area (Å²) in [5.41, 5.74) is 5.97. The number of hydrogen-bond donors (Lipinski definition) is 1. The summed E-state index contributed by atoms with van der Waals surface area (Å²) in [5, 5.41) is 0. The van der Waals surface area contributed by atoms with E-state index in [0.717, 1.165) is 19.5 Å². The number of nitrogens with zero attached hydrogens (tertiary/aromatic N) is 3. The van der Waals surface area contributed by atoms with E-state index in [1.54, 1.807) is 12.5 Å². The predicted molar refractivity (Wildman–Crippen MR) is 61.0 cm³/mol. The van der Waals surface area contributed by atoms with Gasteiger partial charge in [0.25, 0.3) is 5.91 Å². The van der Waals surface area contributed by atoms with Crippen molar-refractivity contribution >= 4 is 5.91 Å². The summed E-state index contributed by atoms with van der Waals surface area (Å²) in [5.74, 6) is 0.648. The molecule has 0 aromatic carbocycles. The molecular weight excluding hydrogens is 204 g/mol. The van der Waals surface area contributed by atoms with Gasteiger partial charge in [0, 0.05) is 32.4 Å². The molecule has 0 spiro atoms. The summed E-state index contributed by atoms with van der Waals surface area (Å²) < 4.78 is 1.85. The van der Waals surface area contributed by atoms with Gasteiger partial charge in [-0.2, -0.15) is 0 Å². The van der Waals surface area contributed by atoms with E-state index in [0.29, 0.717) is 24.7 Å². The van der Waals surface area contributed by atoms with Crippen LogP contribution in [0.25, 0.3) is 0 Å². The molecule has 1 atom stereocenters. The first-order valence-corrected chi connectivity index (χ1v) is 5.72. The number of hydrogen-bond acceptors (Lipinski definition) is 3. The molecule has 0 bridgehead atoms. The van der Waals surface area contributed by atoms with Gasteiger partial charge in [-0.25, -0.2) is 4.98 Å². The fourth-order valence-corrected chi connectivity index (χ4v) is 2.02. The first-order valence-electron chi connectivity index (χ1n) is 5.72. The molecule has 1 saturated heterocycles. The first kappa shape index (κ1) is 11.1. The number of carbonyl (C=O) groups excluding carboxylic acids is 1. The molecule has 2 N–H and O–H groups in total. The molecule has 2 rings (SSSR count). The molecule has 1 aromatic rings. The highest BCUT2D eigenvalue weighted by Crippen LogP contribution is 2.17. The maximum absolute atomic E-state index is 12.0. The average molecular weight is 222 g/mol. The second-order valence-electron chi connectivity index (χ2n) is 4.43. The van der Waals surface area contributed by atoms with Gasteiger partial charge in [-0.05, 0) is 12.3 Å². The van der Waals surface area contributed by atoms with Crippen LogP contribution in [0.5, 0.6) is 0 Å². The fourth-order valence-electron chi connectivity index (χ4n) is 2.02. The monoisotopic (exact) mass is 222 g/mol. The van der Waals surface area contributed by atoms with E-state index >= 15 is 0 Å². The Morgan fingerprint density at radius 3 is 3.12 bits per heavy atom. The van der Waals surface area contributed by atoms with E-state index in [-0.39, 0.29) is 5.91 Å². The number of aromatic nitrogens is 2. The predicted octanol–water partition coefficient (Wildman–Crippen LogP) is 0.324. The second kappa shape index (κ2) is 4.65. The van der Waals surface area contributed by atoms with Gasteiger partial charge in [0.1, 0.15) is 5.69 Å². The van der Waals surface area contributed by atoms with E-state index < -0.39 is 0 Å². The molecule has 1 aliphatic heterocycles. The SMILES string of the molecule is CC1CCN(C(=O)c2cn(CCN)cn2)C1. The Balaban J connectivity index is 2.03. The Kier molecular flexibility index (Phi) is 3.24. The van der Waals surface area contributed by atoms with Crippen molar-refractivity contribution in [1.29, 1.82) is 0 Å². The van der Waals surface area contributed by atoms with Crippen LogP contribution in [-0.2, 0) is 6.54 Å². The van der Waals surface area contributed by atoms with Crippen molar-refractivity contribution in [3.63, 3.8) is 0 Å². The lowest BCUT2D eigenvalue weighted by molar-refractivity contribution is 0.0782. The Morgan fingerprint density at radius 1 is 1.69 bits per heavy atom. The number of carbonyl (C=O) groups is 1. The van der Waals surface area contributed by atoms with E-state index in [4.69, 9.17) is 5.73 Å². The van der Waals surface area contributed by atoms with Gasteiger partial charge in [0.05, 0.1) is 6.33 Å². The van der Waals surface area contributed by atoms with Gasteiger partial charge < -0.3 is 15.2 Å². The molecule has 1 amide bonds. The average Bonchev–Trinajstić information content (AvgIpc) is 2.87. The molecule has 1 aliphatic rings. The van der Waals surface area contributed by atoms with E-state index in [2.05, 4.69) is 11.9 Å². The highest BCUT2D eigenvalue weighted by Gasteiger charge is 2.25. The van der Waals surface area contributed by atoms with E-state index in [1.165, 1.54) is 0 Å². The van der Waals surface area contributed by atoms with Crippen LogP contribution in [0.15, 0.2) is 12.5 Å². The van der Waals surface area contributed by atoms with E-state index in [1.807, 2.05) is 9.47 Å². The summed E-state index contributed by atoms with van der Waals surface area (Å²) in [4.78, 5) is 18.0. The zero-order valence-corrected chi connectivity index (χ0v) is 9.59. The zero-order valence-electron chi connectivity index (χ0n) is 9.59. The van der Waals surface area contributed by atoms with Crippen LogP contribution >= 0.6 is 0 Å². The Morgan fingerprint density at radius 2 is 2.50 bits per heavy atom. The van der Waals surface area contributed by atoms with Crippen molar-refractivity contribution in [2.45, 2.75) is 19.9 Å². The normalized spacial score (nSPS) is 20.4. The summed E-state index contributed by atoms with van der Waals surface area (Å²) in [6, 6.07) is 0. The summed E-state index contributed by atoms with van der Waals surface area (Å²) >= 11 is 0. The van der Waals surface area contributed by atoms with Crippen LogP contribution < -0.4 is 5.73 Å². The maximum Gasteiger partial charge on any atom is 0.274 e. The first-order chi connectivity index (χ1) is 7.70. The molecule has 0 saturated carbocycles. The van der Waals surface area contributed by atoms with Crippen molar-refractivity contribution in [1.82, 2.24) is 14.5 Å². The minimum atomic E-state index is 0.0418. The molecule has 0 radical (unpaired) electrons. The third-order valence-corrected chi connectivity index (χ3v) is 2.95. The van der Waals surface area contributed by atoms with Crippen molar-refractivity contribution in [2.24, 2.45) is 11.7 Å². The number of likely N-dealkylation sites (tertiary alicyclic amines) is 1. The van der Waals surface area contributed by atoms with Gasteiger partial charge >= 0.3 is 0 Å². The zero-order chi connectivity index (χ0) is 11.5. The van der Waals surface area contributed by atoms with E-state index in [9.17, 15) is 4.79 Å². The van der Waals surface area contributed by atoms with Gasteiger partial charge in [0.15, 0.2) is 0 Å². The molecule has 1 unspecified atom stereocenters. The summed E-state index contributed by atoms with van der Waals surface area (Å²) in [7, 11) is 0. The van der Waals surface area contributed by atoms with Crippen LogP contribution in [-0.4, -0.2) is 40.0 Å². The Bertz CT molecular complexity index is 374. The highest BCUT2D eigenvalue weighted by atomic mass is 16.2. The van der Waals surface area contributed by atoms with Crippen molar-refractivity contribution < 1.29 is 4.79 Å². The molecular formula is C11H18N4O.